The van der Waals surface area contributed by atoms with E-state index in [9.17, 15) is 22.4 Å². The first-order valence-electron chi connectivity index (χ1n) is 12.1. The molecular weight excluding hydrogens is 478 g/mol. The molecule has 1 amide bonds. The summed E-state index contributed by atoms with van der Waals surface area (Å²) < 4.78 is 57.2. The number of halogens is 4. The molecule has 0 bridgehead atoms. The van der Waals surface area contributed by atoms with Gasteiger partial charge in [0.15, 0.2) is 5.69 Å². The Morgan fingerprint density at radius 1 is 1.06 bits per heavy atom. The van der Waals surface area contributed by atoms with E-state index in [0.29, 0.717) is 18.9 Å². The molecule has 1 spiro atoms. The molecule has 1 aromatic carbocycles. The zero-order chi connectivity index (χ0) is 25.7. The molecule has 3 aliphatic rings. The first-order valence-corrected chi connectivity index (χ1v) is 12.1. The quantitative estimate of drug-likeness (QED) is 0.574. The Morgan fingerprint density at radius 3 is 2.25 bits per heavy atom. The standard InChI is InChI=1S/C25H29F4N5O2/c1-16-11-33(22-10-30-21(9-31-22)25(27,28)29)12-17(2)34(16)23(35)36-20-7-24(8-20)14-32(15-24)13-18-3-5-19(26)6-4-18/h3-6,9-10,16-17,20H,7-8,11-15H2,1-2H3/t16-,17+. The Morgan fingerprint density at radius 2 is 1.69 bits per heavy atom. The van der Waals surface area contributed by atoms with Crippen LogP contribution in [0.3, 0.4) is 0 Å². The minimum Gasteiger partial charge on any atom is -0.446 e. The SMILES string of the molecule is C[C@@H]1CN(c2cnc(C(F)(F)F)cn2)C[C@H](C)N1C(=O)OC1CC2(C1)CN(Cc1ccc(F)cc1)C2. The van der Waals surface area contributed by atoms with Gasteiger partial charge in [0, 0.05) is 38.1 Å². The summed E-state index contributed by atoms with van der Waals surface area (Å²) >= 11 is 0. The van der Waals surface area contributed by atoms with E-state index < -0.39 is 11.9 Å². The Labute approximate surface area is 207 Å². The van der Waals surface area contributed by atoms with Crippen molar-refractivity contribution in [2.75, 3.05) is 31.1 Å². The summed E-state index contributed by atoms with van der Waals surface area (Å²) in [6.07, 6.45) is -1.46. The second-order valence-corrected chi connectivity index (χ2v) is 10.5. The Balaban J connectivity index is 1.09. The van der Waals surface area contributed by atoms with Crippen LogP contribution in [0.4, 0.5) is 28.2 Å². The number of piperazine rings is 1. The van der Waals surface area contributed by atoms with Gasteiger partial charge in [-0.05, 0) is 44.4 Å². The summed E-state index contributed by atoms with van der Waals surface area (Å²) in [6, 6.07) is 6.16. The zero-order valence-electron chi connectivity index (χ0n) is 20.2. The van der Waals surface area contributed by atoms with E-state index in [4.69, 9.17) is 4.74 Å². The van der Waals surface area contributed by atoms with E-state index in [-0.39, 0.29) is 35.5 Å². The lowest BCUT2D eigenvalue weighted by Crippen LogP contribution is -2.65. The van der Waals surface area contributed by atoms with Crippen LogP contribution >= 0.6 is 0 Å². The molecule has 1 aliphatic carbocycles. The zero-order valence-corrected chi connectivity index (χ0v) is 20.2. The van der Waals surface area contributed by atoms with Gasteiger partial charge in [-0.3, -0.25) is 9.80 Å². The van der Waals surface area contributed by atoms with Crippen molar-refractivity contribution in [3.63, 3.8) is 0 Å². The van der Waals surface area contributed by atoms with Gasteiger partial charge >= 0.3 is 12.3 Å². The van der Waals surface area contributed by atoms with Crippen LogP contribution in [0.5, 0.6) is 0 Å². The monoisotopic (exact) mass is 507 g/mol. The topological polar surface area (TPSA) is 61.8 Å². The molecule has 1 saturated carbocycles. The summed E-state index contributed by atoms with van der Waals surface area (Å²) in [4.78, 5) is 26.3. The van der Waals surface area contributed by atoms with Crippen molar-refractivity contribution in [1.29, 1.82) is 0 Å². The fourth-order valence-corrected chi connectivity index (χ4v) is 5.81. The number of hydrogen-bond donors (Lipinski definition) is 0. The van der Waals surface area contributed by atoms with E-state index in [1.165, 1.54) is 12.1 Å². The Kier molecular flexibility index (Phi) is 6.30. The van der Waals surface area contributed by atoms with Gasteiger partial charge in [-0.1, -0.05) is 12.1 Å². The predicted octanol–water partition coefficient (Wildman–Crippen LogP) is 4.33. The van der Waals surface area contributed by atoms with Crippen molar-refractivity contribution >= 4 is 11.9 Å². The highest BCUT2D eigenvalue weighted by Gasteiger charge is 2.54. The largest absolute Gasteiger partial charge is 0.446 e. The van der Waals surface area contributed by atoms with Crippen molar-refractivity contribution in [3.8, 4) is 0 Å². The molecule has 3 heterocycles. The van der Waals surface area contributed by atoms with Gasteiger partial charge in [0.1, 0.15) is 17.7 Å². The third-order valence-electron chi connectivity index (χ3n) is 7.41. The number of benzene rings is 1. The Bertz CT molecular complexity index is 1070. The number of likely N-dealkylation sites (tertiary alicyclic amines) is 1. The molecule has 2 aromatic rings. The van der Waals surface area contributed by atoms with E-state index in [1.54, 1.807) is 17.0 Å². The van der Waals surface area contributed by atoms with Crippen LogP contribution in [0.25, 0.3) is 0 Å². The number of nitrogens with zero attached hydrogens (tertiary/aromatic N) is 5. The number of rotatable bonds is 4. The van der Waals surface area contributed by atoms with Crippen molar-refractivity contribution in [3.05, 3.63) is 53.7 Å². The van der Waals surface area contributed by atoms with Gasteiger partial charge in [-0.15, -0.1) is 0 Å². The lowest BCUT2D eigenvalue weighted by molar-refractivity contribution is -0.141. The number of alkyl halides is 3. The lowest BCUT2D eigenvalue weighted by atomic mass is 9.61. The predicted molar refractivity (Wildman–Crippen MR) is 124 cm³/mol. The average Bonchev–Trinajstić information content (AvgIpc) is 2.76. The summed E-state index contributed by atoms with van der Waals surface area (Å²) in [6.45, 7) is 7.30. The molecule has 194 valence electrons. The third kappa shape index (κ3) is 4.98. The maximum Gasteiger partial charge on any atom is 0.434 e. The number of carbonyl (C=O) groups is 1. The second-order valence-electron chi connectivity index (χ2n) is 10.5. The normalized spacial score (nSPS) is 24.4. The first kappa shape index (κ1) is 24.7. The number of anilines is 1. The lowest BCUT2D eigenvalue weighted by Gasteiger charge is -2.58. The summed E-state index contributed by atoms with van der Waals surface area (Å²) in [5, 5.41) is 0. The number of carbonyl (C=O) groups excluding carboxylic acids is 1. The molecule has 0 radical (unpaired) electrons. The molecule has 7 nitrogen and oxygen atoms in total. The van der Waals surface area contributed by atoms with Crippen LogP contribution in [0, 0.1) is 11.2 Å². The van der Waals surface area contributed by atoms with Crippen molar-refractivity contribution in [2.24, 2.45) is 5.41 Å². The summed E-state index contributed by atoms with van der Waals surface area (Å²) in [5.74, 6) is 0.117. The molecule has 2 atom stereocenters. The average molecular weight is 508 g/mol. The molecule has 5 rings (SSSR count). The van der Waals surface area contributed by atoms with Crippen LogP contribution in [-0.2, 0) is 17.5 Å². The van der Waals surface area contributed by atoms with Gasteiger partial charge in [0.25, 0.3) is 0 Å². The van der Waals surface area contributed by atoms with E-state index in [2.05, 4.69) is 14.9 Å². The molecular formula is C25H29F4N5O2. The molecule has 2 saturated heterocycles. The Hall–Kier alpha value is -2.95. The van der Waals surface area contributed by atoms with Gasteiger partial charge in [-0.2, -0.15) is 13.2 Å². The maximum atomic E-state index is 13.1. The van der Waals surface area contributed by atoms with Gasteiger partial charge in [0.05, 0.1) is 24.5 Å². The van der Waals surface area contributed by atoms with Crippen LogP contribution in [-0.4, -0.2) is 70.2 Å². The van der Waals surface area contributed by atoms with Crippen LogP contribution in [0.15, 0.2) is 36.7 Å². The maximum absolute atomic E-state index is 13.1. The highest BCUT2D eigenvalue weighted by Crippen LogP contribution is 2.50. The van der Waals surface area contributed by atoms with Gasteiger partial charge < -0.3 is 9.64 Å². The summed E-state index contributed by atoms with van der Waals surface area (Å²) in [5.41, 5.74) is 0.248. The first-order chi connectivity index (χ1) is 17.0. The van der Waals surface area contributed by atoms with Crippen molar-refractivity contribution < 1.29 is 27.1 Å². The van der Waals surface area contributed by atoms with E-state index >= 15 is 0 Å². The molecule has 11 heteroatoms. The van der Waals surface area contributed by atoms with E-state index in [1.807, 2.05) is 18.7 Å². The smallest absolute Gasteiger partial charge is 0.434 e. The minimum atomic E-state index is -4.53. The fraction of sp³-hybridized carbons (Fsp3) is 0.560. The molecule has 36 heavy (non-hydrogen) atoms. The number of hydrogen-bond acceptors (Lipinski definition) is 6. The van der Waals surface area contributed by atoms with E-state index in [0.717, 1.165) is 50.4 Å². The van der Waals surface area contributed by atoms with Crippen molar-refractivity contribution in [1.82, 2.24) is 19.8 Å². The third-order valence-corrected chi connectivity index (χ3v) is 7.41. The highest BCUT2D eigenvalue weighted by molar-refractivity contribution is 5.69. The molecule has 1 aromatic heterocycles. The minimum absolute atomic E-state index is 0.108. The highest BCUT2D eigenvalue weighted by atomic mass is 19.4. The number of aromatic nitrogens is 2. The molecule has 3 fully saturated rings. The second kappa shape index (κ2) is 9.17. The number of ether oxygens (including phenoxy) is 1. The van der Waals surface area contributed by atoms with Crippen molar-refractivity contribution in [2.45, 2.75) is 57.6 Å². The van der Waals surface area contributed by atoms with Crippen LogP contribution in [0.2, 0.25) is 0 Å². The van der Waals surface area contributed by atoms with Crippen LogP contribution < -0.4 is 4.90 Å². The fourth-order valence-electron chi connectivity index (χ4n) is 5.81. The van der Waals surface area contributed by atoms with Gasteiger partial charge in [0.2, 0.25) is 0 Å². The van der Waals surface area contributed by atoms with Gasteiger partial charge in [-0.25, -0.2) is 19.2 Å². The summed E-state index contributed by atoms with van der Waals surface area (Å²) in [7, 11) is 0. The molecule has 2 aliphatic heterocycles. The van der Waals surface area contributed by atoms with Crippen LogP contribution in [0.1, 0.15) is 37.9 Å². The molecule has 0 N–H and O–H groups in total. The molecule has 0 unspecified atom stereocenters. The number of amides is 1.